The fourth-order valence-electron chi connectivity index (χ4n) is 2.25. The van der Waals surface area contributed by atoms with Crippen LogP contribution in [0.15, 0.2) is 47.2 Å². The monoisotopic (exact) mass is 325 g/mol. The van der Waals surface area contributed by atoms with E-state index in [0.29, 0.717) is 21.8 Å². The fourth-order valence-corrected chi connectivity index (χ4v) is 3.14. The first-order valence-electron chi connectivity index (χ1n) is 6.82. The highest BCUT2D eigenvalue weighted by atomic mass is 32.1. The Morgan fingerprint density at radius 2 is 2.09 bits per heavy atom. The largest absolute Gasteiger partial charge is 0.497 e. The van der Waals surface area contributed by atoms with Gasteiger partial charge in [0.1, 0.15) is 11.3 Å². The first-order chi connectivity index (χ1) is 11.2. The zero-order valence-corrected chi connectivity index (χ0v) is 12.9. The molecule has 114 valence electrons. The van der Waals surface area contributed by atoms with E-state index in [0.717, 1.165) is 16.0 Å². The summed E-state index contributed by atoms with van der Waals surface area (Å²) in [5.74, 6) is 0.518. The lowest BCUT2D eigenvalue weighted by Gasteiger charge is -2.00. The number of aromatic nitrogens is 2. The van der Waals surface area contributed by atoms with Gasteiger partial charge in [0.05, 0.1) is 17.3 Å². The van der Waals surface area contributed by atoms with Crippen LogP contribution in [0.2, 0.25) is 0 Å². The highest BCUT2D eigenvalue weighted by Crippen LogP contribution is 2.29. The molecule has 0 saturated heterocycles. The zero-order chi connectivity index (χ0) is 15.8. The Labute approximate surface area is 134 Å². The van der Waals surface area contributed by atoms with Gasteiger partial charge in [-0.05, 0) is 36.4 Å². The number of rotatable bonds is 3. The number of methoxy groups -OCH3 is 1. The summed E-state index contributed by atoms with van der Waals surface area (Å²) >= 11 is 1.40. The molecule has 2 aromatic heterocycles. The predicted molar refractivity (Wildman–Crippen MR) is 88.1 cm³/mol. The second kappa shape index (κ2) is 5.36. The first kappa shape index (κ1) is 13.7. The topological polar surface area (TPSA) is 77.2 Å². The van der Waals surface area contributed by atoms with Crippen molar-refractivity contribution in [3.63, 3.8) is 0 Å². The van der Waals surface area contributed by atoms with Crippen LogP contribution in [0, 0.1) is 0 Å². The zero-order valence-electron chi connectivity index (χ0n) is 12.1. The Bertz CT molecular complexity index is 1020. The molecule has 4 rings (SSSR count). The second-order valence-electron chi connectivity index (χ2n) is 4.84. The molecule has 2 aromatic carbocycles. The van der Waals surface area contributed by atoms with E-state index in [2.05, 4.69) is 15.3 Å². The molecule has 0 unspecified atom stereocenters. The van der Waals surface area contributed by atoms with Gasteiger partial charge >= 0.3 is 0 Å². The van der Waals surface area contributed by atoms with E-state index in [9.17, 15) is 4.79 Å². The van der Waals surface area contributed by atoms with Gasteiger partial charge < -0.3 is 9.15 Å². The van der Waals surface area contributed by atoms with Gasteiger partial charge in [0.15, 0.2) is 17.1 Å². The van der Waals surface area contributed by atoms with Crippen molar-refractivity contribution in [1.29, 1.82) is 0 Å². The molecule has 0 aliphatic carbocycles. The van der Waals surface area contributed by atoms with E-state index in [4.69, 9.17) is 9.15 Å². The predicted octanol–water partition coefficient (Wildman–Crippen LogP) is 3.70. The fraction of sp³-hybridized carbons (Fsp3) is 0.0625. The summed E-state index contributed by atoms with van der Waals surface area (Å²) in [7, 11) is 1.62. The molecule has 6 nitrogen and oxygen atoms in total. The molecule has 0 spiro atoms. The Morgan fingerprint density at radius 3 is 2.96 bits per heavy atom. The maximum atomic E-state index is 12.3. The number of benzene rings is 2. The van der Waals surface area contributed by atoms with Crippen LogP contribution in [0.5, 0.6) is 5.75 Å². The molecule has 0 fully saturated rings. The molecule has 0 radical (unpaired) electrons. The minimum atomic E-state index is -0.241. The molecule has 0 atom stereocenters. The minimum Gasteiger partial charge on any atom is -0.497 e. The number of amides is 1. The van der Waals surface area contributed by atoms with Crippen LogP contribution in [0.4, 0.5) is 5.13 Å². The molecule has 7 heteroatoms. The Morgan fingerprint density at radius 1 is 1.22 bits per heavy atom. The summed E-state index contributed by atoms with van der Waals surface area (Å²) in [6.45, 7) is 0. The van der Waals surface area contributed by atoms with Crippen molar-refractivity contribution in [1.82, 2.24) is 9.97 Å². The van der Waals surface area contributed by atoms with Gasteiger partial charge in [-0.3, -0.25) is 10.1 Å². The van der Waals surface area contributed by atoms with E-state index in [-0.39, 0.29) is 5.91 Å². The van der Waals surface area contributed by atoms with Crippen LogP contribution in [-0.4, -0.2) is 23.0 Å². The molecule has 2 heterocycles. The Kier molecular flexibility index (Phi) is 3.20. The van der Waals surface area contributed by atoms with Crippen molar-refractivity contribution in [2.24, 2.45) is 0 Å². The Hall–Kier alpha value is -2.93. The van der Waals surface area contributed by atoms with Crippen LogP contribution < -0.4 is 10.1 Å². The van der Waals surface area contributed by atoms with Crippen LogP contribution in [0.1, 0.15) is 10.4 Å². The van der Waals surface area contributed by atoms with Crippen molar-refractivity contribution in [3.05, 3.63) is 48.4 Å². The number of hydrogen-bond acceptors (Lipinski definition) is 6. The van der Waals surface area contributed by atoms with Gasteiger partial charge in [-0.15, -0.1) is 0 Å². The van der Waals surface area contributed by atoms with E-state index in [1.54, 1.807) is 25.3 Å². The lowest BCUT2D eigenvalue weighted by atomic mass is 10.2. The molecule has 0 bridgehead atoms. The van der Waals surface area contributed by atoms with Gasteiger partial charge in [-0.1, -0.05) is 11.3 Å². The number of hydrogen-bond donors (Lipinski definition) is 1. The summed E-state index contributed by atoms with van der Waals surface area (Å²) in [5, 5.41) is 3.35. The molecule has 0 aliphatic heterocycles. The average molecular weight is 325 g/mol. The van der Waals surface area contributed by atoms with Crippen LogP contribution in [0.3, 0.4) is 0 Å². The molecule has 0 aliphatic rings. The van der Waals surface area contributed by atoms with Crippen molar-refractivity contribution in [3.8, 4) is 5.75 Å². The number of nitrogens with one attached hydrogen (secondary N) is 1. The van der Waals surface area contributed by atoms with Crippen molar-refractivity contribution in [2.45, 2.75) is 0 Å². The minimum absolute atomic E-state index is 0.241. The van der Waals surface area contributed by atoms with Gasteiger partial charge in [0, 0.05) is 5.56 Å². The molecular weight excluding hydrogens is 314 g/mol. The second-order valence-corrected chi connectivity index (χ2v) is 5.87. The number of carbonyl (C=O) groups is 1. The first-order valence-corrected chi connectivity index (χ1v) is 7.64. The highest BCUT2D eigenvalue weighted by molar-refractivity contribution is 7.22. The summed E-state index contributed by atoms with van der Waals surface area (Å²) in [5.41, 5.74) is 2.60. The summed E-state index contributed by atoms with van der Waals surface area (Å²) in [6, 6.07) is 10.7. The number of anilines is 1. The maximum Gasteiger partial charge on any atom is 0.257 e. The quantitative estimate of drug-likeness (QED) is 0.621. The molecule has 0 saturated carbocycles. The van der Waals surface area contributed by atoms with Gasteiger partial charge in [0.25, 0.3) is 5.91 Å². The number of ether oxygens (including phenoxy) is 1. The van der Waals surface area contributed by atoms with Gasteiger partial charge in [0.2, 0.25) is 0 Å². The van der Waals surface area contributed by atoms with Crippen LogP contribution >= 0.6 is 11.3 Å². The smallest absolute Gasteiger partial charge is 0.257 e. The normalized spacial score (nSPS) is 11.0. The number of carbonyl (C=O) groups excluding carboxylic acids is 1. The molecule has 1 N–H and O–H groups in total. The number of fused-ring (bicyclic) bond motifs is 2. The third-order valence-corrected chi connectivity index (χ3v) is 4.34. The van der Waals surface area contributed by atoms with Crippen LogP contribution in [0.25, 0.3) is 21.3 Å². The van der Waals surface area contributed by atoms with Crippen molar-refractivity contribution < 1.29 is 13.9 Å². The van der Waals surface area contributed by atoms with E-state index in [1.807, 2.05) is 18.2 Å². The SMILES string of the molecule is COc1ccc2nc(NC(=O)c3ccc4ncoc4c3)sc2c1. The standard InChI is InChI=1S/C16H11N3O3S/c1-21-10-3-5-12-14(7-10)23-16(18-12)19-15(20)9-2-4-11-13(6-9)22-8-17-11/h2-8H,1H3,(H,18,19,20). The molecular formula is C16H11N3O3S. The third kappa shape index (κ3) is 2.51. The third-order valence-electron chi connectivity index (χ3n) is 3.41. The van der Waals surface area contributed by atoms with Crippen LogP contribution in [-0.2, 0) is 0 Å². The number of oxazole rings is 1. The maximum absolute atomic E-state index is 12.3. The molecule has 4 aromatic rings. The molecule has 23 heavy (non-hydrogen) atoms. The molecule has 1 amide bonds. The van der Waals surface area contributed by atoms with Gasteiger partial charge in [-0.25, -0.2) is 9.97 Å². The lowest BCUT2D eigenvalue weighted by Crippen LogP contribution is -2.11. The van der Waals surface area contributed by atoms with Crippen molar-refractivity contribution in [2.75, 3.05) is 12.4 Å². The van der Waals surface area contributed by atoms with E-state index >= 15 is 0 Å². The van der Waals surface area contributed by atoms with Crippen molar-refractivity contribution >= 4 is 43.7 Å². The van der Waals surface area contributed by atoms with Gasteiger partial charge in [-0.2, -0.15) is 0 Å². The Balaban J connectivity index is 1.62. The number of nitrogens with zero attached hydrogens (tertiary/aromatic N) is 2. The number of thiazole rings is 1. The average Bonchev–Trinajstić information content (AvgIpc) is 3.18. The summed E-state index contributed by atoms with van der Waals surface area (Å²) in [4.78, 5) is 20.8. The summed E-state index contributed by atoms with van der Waals surface area (Å²) in [6.07, 6.45) is 1.35. The van der Waals surface area contributed by atoms with E-state index < -0.39 is 0 Å². The summed E-state index contributed by atoms with van der Waals surface area (Å²) < 4.78 is 11.4. The highest BCUT2D eigenvalue weighted by Gasteiger charge is 2.12. The lowest BCUT2D eigenvalue weighted by molar-refractivity contribution is 0.102. The van der Waals surface area contributed by atoms with E-state index in [1.165, 1.54) is 17.7 Å².